The molecular weight excluding hydrogens is 533 g/mol. The molecule has 0 saturated heterocycles. The molecule has 0 aromatic heterocycles. The van der Waals surface area contributed by atoms with Gasteiger partial charge in [0, 0.05) is 18.5 Å². The van der Waals surface area contributed by atoms with Gasteiger partial charge in [0.15, 0.2) is 0 Å². The van der Waals surface area contributed by atoms with E-state index in [0.717, 1.165) is 22.3 Å². The average molecular weight is 568 g/mol. The van der Waals surface area contributed by atoms with E-state index >= 15 is 0 Å². The third kappa shape index (κ3) is 7.97. The van der Waals surface area contributed by atoms with E-state index in [2.05, 4.69) is 15.4 Å². The van der Waals surface area contributed by atoms with Crippen molar-refractivity contribution in [1.29, 1.82) is 0 Å². The van der Waals surface area contributed by atoms with Gasteiger partial charge in [-0.3, -0.25) is 9.59 Å². The number of halogens is 1. The molecule has 8 nitrogen and oxygen atoms in total. The van der Waals surface area contributed by atoms with Gasteiger partial charge in [0.05, 0.1) is 17.5 Å². The summed E-state index contributed by atoms with van der Waals surface area (Å²) in [4.78, 5) is 23.6. The van der Waals surface area contributed by atoms with Gasteiger partial charge in [-0.1, -0.05) is 48.5 Å². The van der Waals surface area contributed by atoms with Crippen LogP contribution in [0.4, 0.5) is 4.39 Å². The number of rotatable bonds is 11. The van der Waals surface area contributed by atoms with Crippen LogP contribution in [0.25, 0.3) is 11.1 Å². The van der Waals surface area contributed by atoms with Crippen LogP contribution in [0.15, 0.2) is 77.7 Å². The van der Waals surface area contributed by atoms with Crippen LogP contribution in [-0.4, -0.2) is 38.0 Å². The Morgan fingerprint density at radius 2 is 1.48 bits per heavy atom. The van der Waals surface area contributed by atoms with Crippen molar-refractivity contribution < 1.29 is 27.5 Å². The quantitative estimate of drug-likeness (QED) is 0.273. The standard InChI is InChI=1S/C30H34FN3O5S/c1-20(22-6-12-26(31)13-7-22)33-30(37)25-8-14-27(15-9-25)34-40(38,39)28-16-10-24(11-17-28)23-4-2-21(3-5-23)18-32-19-29(35)36/h2-7,10-13,16-17,20,25,27,32,34H,8-9,14-15,18-19H2,1H3,(H,33,37)(H,35,36). The van der Waals surface area contributed by atoms with E-state index in [1.807, 2.05) is 31.2 Å². The largest absolute Gasteiger partial charge is 0.480 e. The Kier molecular flexibility index (Phi) is 9.67. The van der Waals surface area contributed by atoms with Crippen molar-refractivity contribution >= 4 is 21.9 Å². The van der Waals surface area contributed by atoms with E-state index in [0.29, 0.717) is 32.2 Å². The maximum absolute atomic E-state index is 13.2. The molecule has 0 bridgehead atoms. The van der Waals surface area contributed by atoms with Crippen LogP contribution in [0, 0.1) is 11.7 Å². The van der Waals surface area contributed by atoms with Gasteiger partial charge in [-0.2, -0.15) is 0 Å². The number of hydrogen-bond acceptors (Lipinski definition) is 5. The molecule has 3 aromatic carbocycles. The highest BCUT2D eigenvalue weighted by Gasteiger charge is 2.29. The lowest BCUT2D eigenvalue weighted by atomic mass is 9.85. The second-order valence-corrected chi connectivity index (χ2v) is 11.9. The number of amides is 1. The maximum atomic E-state index is 13.2. The molecule has 1 aliphatic rings. The molecule has 3 aromatic rings. The molecule has 1 atom stereocenters. The Morgan fingerprint density at radius 3 is 2.05 bits per heavy atom. The number of carboxylic acid groups (broad SMARTS) is 1. The van der Waals surface area contributed by atoms with E-state index in [9.17, 15) is 22.4 Å². The maximum Gasteiger partial charge on any atom is 0.317 e. The summed E-state index contributed by atoms with van der Waals surface area (Å²) in [5, 5.41) is 14.5. The number of aliphatic carboxylic acids is 1. The Balaban J connectivity index is 1.27. The fourth-order valence-electron chi connectivity index (χ4n) is 4.88. The Morgan fingerprint density at radius 1 is 0.900 bits per heavy atom. The average Bonchev–Trinajstić information content (AvgIpc) is 2.94. The van der Waals surface area contributed by atoms with Crippen molar-refractivity contribution in [2.24, 2.45) is 5.92 Å². The molecule has 1 amide bonds. The summed E-state index contributed by atoms with van der Waals surface area (Å²) < 4.78 is 42.0. The first kappa shape index (κ1) is 29.4. The third-order valence-corrected chi connectivity index (χ3v) is 8.74. The lowest BCUT2D eigenvalue weighted by Crippen LogP contribution is -2.41. The van der Waals surface area contributed by atoms with Gasteiger partial charge in [0.1, 0.15) is 5.82 Å². The van der Waals surface area contributed by atoms with E-state index in [-0.39, 0.29) is 41.2 Å². The van der Waals surface area contributed by atoms with Crippen LogP contribution in [0.5, 0.6) is 0 Å². The SMILES string of the molecule is CC(NC(=O)C1CCC(NS(=O)(=O)c2ccc(-c3ccc(CNCC(=O)O)cc3)cc2)CC1)c1ccc(F)cc1. The molecule has 4 rings (SSSR count). The number of nitrogens with one attached hydrogen (secondary N) is 3. The van der Waals surface area contributed by atoms with Crippen LogP contribution in [0.2, 0.25) is 0 Å². The molecule has 0 spiro atoms. The molecule has 212 valence electrons. The molecule has 10 heteroatoms. The predicted molar refractivity (Wildman–Crippen MR) is 150 cm³/mol. The smallest absolute Gasteiger partial charge is 0.317 e. The topological polar surface area (TPSA) is 125 Å². The summed E-state index contributed by atoms with van der Waals surface area (Å²) in [5.41, 5.74) is 3.56. The van der Waals surface area contributed by atoms with E-state index in [4.69, 9.17) is 5.11 Å². The van der Waals surface area contributed by atoms with Gasteiger partial charge in [-0.25, -0.2) is 17.5 Å². The van der Waals surface area contributed by atoms with Crippen LogP contribution in [0.1, 0.15) is 49.8 Å². The summed E-state index contributed by atoms with van der Waals surface area (Å²) in [6, 6.07) is 19.8. The number of benzene rings is 3. The van der Waals surface area contributed by atoms with Crippen LogP contribution >= 0.6 is 0 Å². The molecule has 40 heavy (non-hydrogen) atoms. The molecule has 1 fully saturated rings. The lowest BCUT2D eigenvalue weighted by molar-refractivity contribution is -0.136. The number of carbonyl (C=O) groups is 2. The third-order valence-electron chi connectivity index (χ3n) is 7.21. The number of hydrogen-bond donors (Lipinski definition) is 4. The first-order chi connectivity index (χ1) is 19.1. The minimum atomic E-state index is -3.72. The lowest BCUT2D eigenvalue weighted by Gasteiger charge is -2.29. The zero-order chi connectivity index (χ0) is 28.7. The monoisotopic (exact) mass is 567 g/mol. The Labute approximate surface area is 234 Å². The van der Waals surface area contributed by atoms with Crippen molar-refractivity contribution in [3.05, 3.63) is 89.7 Å². The molecule has 1 aliphatic carbocycles. The number of sulfonamides is 1. The minimum absolute atomic E-state index is 0.0710. The van der Waals surface area contributed by atoms with E-state index < -0.39 is 16.0 Å². The van der Waals surface area contributed by atoms with Gasteiger partial charge in [-0.05, 0) is 79.1 Å². The Hall–Kier alpha value is -3.60. The molecular formula is C30H34FN3O5S. The molecule has 0 aliphatic heterocycles. The zero-order valence-corrected chi connectivity index (χ0v) is 23.1. The van der Waals surface area contributed by atoms with Gasteiger partial charge in [0.2, 0.25) is 15.9 Å². The highest BCUT2D eigenvalue weighted by molar-refractivity contribution is 7.89. The van der Waals surface area contributed by atoms with Crippen LogP contribution in [-0.2, 0) is 26.2 Å². The summed E-state index contributed by atoms with van der Waals surface area (Å²) >= 11 is 0. The van der Waals surface area contributed by atoms with Gasteiger partial charge >= 0.3 is 5.97 Å². The van der Waals surface area contributed by atoms with Crippen molar-refractivity contribution in [2.45, 2.75) is 56.1 Å². The summed E-state index contributed by atoms with van der Waals surface area (Å²) in [6.07, 6.45) is 2.29. The molecule has 0 radical (unpaired) electrons. The highest BCUT2D eigenvalue weighted by atomic mass is 32.2. The molecule has 4 N–H and O–H groups in total. The summed E-state index contributed by atoms with van der Waals surface area (Å²) in [6.45, 7) is 2.19. The molecule has 0 heterocycles. The zero-order valence-electron chi connectivity index (χ0n) is 22.3. The predicted octanol–water partition coefficient (Wildman–Crippen LogP) is 4.38. The number of carbonyl (C=O) groups excluding carboxylic acids is 1. The minimum Gasteiger partial charge on any atom is -0.480 e. The van der Waals surface area contributed by atoms with Gasteiger partial charge < -0.3 is 15.7 Å². The van der Waals surface area contributed by atoms with Crippen LogP contribution < -0.4 is 15.4 Å². The molecule has 1 unspecified atom stereocenters. The van der Waals surface area contributed by atoms with Crippen molar-refractivity contribution in [3.8, 4) is 11.1 Å². The van der Waals surface area contributed by atoms with Gasteiger partial charge in [0.25, 0.3) is 0 Å². The fourth-order valence-corrected chi connectivity index (χ4v) is 6.19. The molecule has 1 saturated carbocycles. The second-order valence-electron chi connectivity index (χ2n) is 10.2. The van der Waals surface area contributed by atoms with E-state index in [1.54, 1.807) is 36.4 Å². The Bertz CT molecular complexity index is 1400. The van der Waals surface area contributed by atoms with Crippen molar-refractivity contribution in [1.82, 2.24) is 15.4 Å². The second kappa shape index (κ2) is 13.2. The summed E-state index contributed by atoms with van der Waals surface area (Å²) in [7, 11) is -3.72. The first-order valence-electron chi connectivity index (χ1n) is 13.3. The summed E-state index contributed by atoms with van der Waals surface area (Å²) in [5.74, 6) is -1.50. The van der Waals surface area contributed by atoms with Crippen LogP contribution in [0.3, 0.4) is 0 Å². The highest BCUT2D eigenvalue weighted by Crippen LogP contribution is 2.27. The fraction of sp³-hybridized carbons (Fsp3) is 0.333. The number of carboxylic acids is 1. The van der Waals surface area contributed by atoms with Crippen molar-refractivity contribution in [3.63, 3.8) is 0 Å². The van der Waals surface area contributed by atoms with E-state index in [1.165, 1.54) is 12.1 Å². The normalized spacial score (nSPS) is 18.1. The first-order valence-corrected chi connectivity index (χ1v) is 14.8. The van der Waals surface area contributed by atoms with Crippen molar-refractivity contribution in [2.75, 3.05) is 6.54 Å². The van der Waals surface area contributed by atoms with Gasteiger partial charge in [-0.15, -0.1) is 0 Å².